The predicted molar refractivity (Wildman–Crippen MR) is 79.4 cm³/mol. The smallest absolute Gasteiger partial charge is 0.201 e. The number of aromatic nitrogens is 2. The van der Waals surface area contributed by atoms with E-state index in [0.717, 1.165) is 30.7 Å². The molecule has 1 heterocycles. The highest BCUT2D eigenvalue weighted by molar-refractivity contribution is 9.10. The number of unbranched alkanes of at least 4 members (excludes halogenated alkanes) is 1. The van der Waals surface area contributed by atoms with Crippen LogP contribution >= 0.6 is 27.7 Å². The first-order valence-electron chi connectivity index (χ1n) is 5.73. The Bertz CT molecular complexity index is 556. The average Bonchev–Trinajstić information content (AvgIpc) is 2.62. The molecule has 0 unspecified atom stereocenters. The summed E-state index contributed by atoms with van der Waals surface area (Å²) in [5.74, 6) is 1.28. The molecule has 0 aliphatic heterocycles. The van der Waals surface area contributed by atoms with Crippen molar-refractivity contribution < 1.29 is 4.39 Å². The Morgan fingerprint density at radius 1 is 1.44 bits per heavy atom. The molecular weight excluding hydrogens is 317 g/mol. The Kier molecular flexibility index (Phi) is 4.50. The lowest BCUT2D eigenvalue weighted by molar-refractivity contribution is 0.622. The number of thioether (sulfide) groups is 1. The van der Waals surface area contributed by atoms with Gasteiger partial charge in [0.2, 0.25) is 5.95 Å². The van der Waals surface area contributed by atoms with E-state index in [1.165, 1.54) is 6.07 Å². The van der Waals surface area contributed by atoms with Crippen LogP contribution in [-0.4, -0.2) is 21.6 Å². The van der Waals surface area contributed by atoms with Gasteiger partial charge < -0.3 is 10.3 Å². The number of nitrogens with two attached hydrogens (primary N) is 1. The van der Waals surface area contributed by atoms with E-state index in [2.05, 4.69) is 27.2 Å². The highest BCUT2D eigenvalue weighted by Crippen LogP contribution is 2.25. The topological polar surface area (TPSA) is 43.8 Å². The summed E-state index contributed by atoms with van der Waals surface area (Å²) in [6.45, 7) is 0.820. The van der Waals surface area contributed by atoms with Crippen LogP contribution in [-0.2, 0) is 6.54 Å². The molecule has 0 aliphatic rings. The summed E-state index contributed by atoms with van der Waals surface area (Å²) in [4.78, 5) is 4.19. The Labute approximate surface area is 118 Å². The second-order valence-corrected chi connectivity index (χ2v) is 5.92. The first-order valence-corrected chi connectivity index (χ1v) is 7.92. The van der Waals surface area contributed by atoms with Gasteiger partial charge in [-0.3, -0.25) is 0 Å². The van der Waals surface area contributed by atoms with Gasteiger partial charge in [0.05, 0.1) is 15.5 Å². The molecule has 0 saturated heterocycles. The Morgan fingerprint density at radius 2 is 2.22 bits per heavy atom. The first-order chi connectivity index (χ1) is 8.63. The van der Waals surface area contributed by atoms with E-state index in [-0.39, 0.29) is 5.82 Å². The summed E-state index contributed by atoms with van der Waals surface area (Å²) in [5.41, 5.74) is 7.37. The van der Waals surface area contributed by atoms with Gasteiger partial charge in [-0.15, -0.1) is 0 Å². The van der Waals surface area contributed by atoms with E-state index >= 15 is 0 Å². The van der Waals surface area contributed by atoms with Gasteiger partial charge in [-0.2, -0.15) is 11.8 Å². The highest BCUT2D eigenvalue weighted by atomic mass is 79.9. The number of hydrogen-bond donors (Lipinski definition) is 1. The fraction of sp³-hybridized carbons (Fsp3) is 0.417. The van der Waals surface area contributed by atoms with E-state index in [1.807, 2.05) is 16.3 Å². The van der Waals surface area contributed by atoms with E-state index in [1.54, 1.807) is 6.07 Å². The Balaban J connectivity index is 2.26. The molecule has 2 rings (SSSR count). The lowest BCUT2D eigenvalue weighted by Gasteiger charge is -2.06. The fourth-order valence-corrected chi connectivity index (χ4v) is 2.71. The zero-order chi connectivity index (χ0) is 13.1. The van der Waals surface area contributed by atoms with E-state index < -0.39 is 0 Å². The minimum absolute atomic E-state index is 0.311. The maximum absolute atomic E-state index is 13.4. The van der Waals surface area contributed by atoms with Crippen LogP contribution in [0.4, 0.5) is 10.3 Å². The van der Waals surface area contributed by atoms with Gasteiger partial charge in [-0.1, -0.05) is 0 Å². The largest absolute Gasteiger partial charge is 0.369 e. The molecule has 18 heavy (non-hydrogen) atoms. The number of nitrogens with zero attached hydrogens (tertiary/aromatic N) is 2. The summed E-state index contributed by atoms with van der Waals surface area (Å²) >= 11 is 5.03. The SMILES string of the molecule is CSCCCCn1c(N)nc2cc(F)c(Br)cc21. The molecule has 0 atom stereocenters. The third kappa shape index (κ3) is 2.80. The van der Waals surface area contributed by atoms with Crippen molar-refractivity contribution in [1.82, 2.24) is 9.55 Å². The number of halogens is 2. The second-order valence-electron chi connectivity index (χ2n) is 4.08. The molecule has 3 nitrogen and oxygen atoms in total. The van der Waals surface area contributed by atoms with Gasteiger partial charge in [-0.05, 0) is 46.8 Å². The number of nitrogen functional groups attached to an aromatic ring is 1. The van der Waals surface area contributed by atoms with Gasteiger partial charge in [0.15, 0.2) is 0 Å². The predicted octanol–water partition coefficient (Wildman–Crippen LogP) is 3.66. The molecule has 0 spiro atoms. The van der Waals surface area contributed by atoms with Crippen molar-refractivity contribution in [3.05, 3.63) is 22.4 Å². The number of benzene rings is 1. The maximum atomic E-state index is 13.4. The molecule has 2 aromatic rings. The average molecular weight is 332 g/mol. The van der Waals surface area contributed by atoms with Gasteiger partial charge >= 0.3 is 0 Å². The zero-order valence-corrected chi connectivity index (χ0v) is 12.5. The van der Waals surface area contributed by atoms with Crippen molar-refractivity contribution in [2.45, 2.75) is 19.4 Å². The Morgan fingerprint density at radius 3 is 2.94 bits per heavy atom. The van der Waals surface area contributed by atoms with Crippen molar-refractivity contribution in [2.75, 3.05) is 17.7 Å². The van der Waals surface area contributed by atoms with Crippen LogP contribution in [0.3, 0.4) is 0 Å². The number of hydrogen-bond acceptors (Lipinski definition) is 3. The summed E-state index contributed by atoms with van der Waals surface area (Å²) < 4.78 is 15.8. The minimum atomic E-state index is -0.311. The molecule has 0 radical (unpaired) electrons. The number of rotatable bonds is 5. The van der Waals surface area contributed by atoms with Gasteiger partial charge in [0.1, 0.15) is 5.82 Å². The molecule has 0 amide bonds. The summed E-state index contributed by atoms with van der Waals surface area (Å²) in [6.07, 6.45) is 4.29. The fourth-order valence-electron chi connectivity index (χ4n) is 1.89. The van der Waals surface area contributed by atoms with Crippen LogP contribution in [0.5, 0.6) is 0 Å². The van der Waals surface area contributed by atoms with Crippen LogP contribution < -0.4 is 5.73 Å². The van der Waals surface area contributed by atoms with Gasteiger partial charge in [-0.25, -0.2) is 9.37 Å². The molecule has 2 N–H and O–H groups in total. The first kappa shape index (κ1) is 13.7. The summed E-state index contributed by atoms with van der Waals surface area (Å²) in [7, 11) is 0. The van der Waals surface area contributed by atoms with Crippen molar-refractivity contribution in [1.29, 1.82) is 0 Å². The highest BCUT2D eigenvalue weighted by Gasteiger charge is 2.11. The summed E-state index contributed by atoms with van der Waals surface area (Å²) in [6, 6.07) is 3.15. The van der Waals surface area contributed by atoms with E-state index in [9.17, 15) is 4.39 Å². The molecule has 0 saturated carbocycles. The molecule has 0 aliphatic carbocycles. The molecule has 6 heteroatoms. The molecule has 1 aromatic carbocycles. The normalized spacial score (nSPS) is 11.3. The van der Waals surface area contributed by atoms with Crippen molar-refractivity contribution >= 4 is 44.7 Å². The minimum Gasteiger partial charge on any atom is -0.369 e. The summed E-state index contributed by atoms with van der Waals surface area (Å²) in [5, 5.41) is 0. The van der Waals surface area contributed by atoms with E-state index in [0.29, 0.717) is 15.9 Å². The number of fused-ring (bicyclic) bond motifs is 1. The molecular formula is C12H15BrFN3S. The van der Waals surface area contributed by atoms with Crippen molar-refractivity contribution in [3.8, 4) is 0 Å². The second kappa shape index (κ2) is 5.93. The number of imidazole rings is 1. The van der Waals surface area contributed by atoms with Crippen LogP contribution in [0.1, 0.15) is 12.8 Å². The lowest BCUT2D eigenvalue weighted by Crippen LogP contribution is -2.03. The Hall–Kier alpha value is -0.750. The maximum Gasteiger partial charge on any atom is 0.201 e. The number of anilines is 1. The van der Waals surface area contributed by atoms with Crippen molar-refractivity contribution in [3.63, 3.8) is 0 Å². The third-order valence-corrected chi connectivity index (χ3v) is 4.10. The number of aryl methyl sites for hydroxylation is 1. The van der Waals surface area contributed by atoms with Crippen LogP contribution in [0, 0.1) is 5.82 Å². The molecule has 98 valence electrons. The monoisotopic (exact) mass is 331 g/mol. The van der Waals surface area contributed by atoms with Crippen LogP contribution in [0.25, 0.3) is 11.0 Å². The zero-order valence-electron chi connectivity index (χ0n) is 10.1. The van der Waals surface area contributed by atoms with Crippen LogP contribution in [0.2, 0.25) is 0 Å². The molecule has 0 bridgehead atoms. The molecule has 1 aromatic heterocycles. The standard InChI is InChI=1S/C12H15BrFN3S/c1-18-5-3-2-4-17-11-6-8(13)9(14)7-10(11)16-12(17)15/h6-7H,2-5H2,1H3,(H2,15,16). The van der Waals surface area contributed by atoms with Gasteiger partial charge in [0.25, 0.3) is 0 Å². The third-order valence-electron chi connectivity index (χ3n) is 2.80. The van der Waals surface area contributed by atoms with Crippen molar-refractivity contribution in [2.24, 2.45) is 0 Å². The lowest BCUT2D eigenvalue weighted by atomic mass is 10.3. The quantitative estimate of drug-likeness (QED) is 0.850. The molecule has 0 fully saturated rings. The van der Waals surface area contributed by atoms with Crippen LogP contribution in [0.15, 0.2) is 16.6 Å². The van der Waals surface area contributed by atoms with Gasteiger partial charge in [0, 0.05) is 12.6 Å². The van der Waals surface area contributed by atoms with E-state index in [4.69, 9.17) is 5.73 Å².